The van der Waals surface area contributed by atoms with Crippen molar-refractivity contribution in [2.45, 2.75) is 13.0 Å². The number of nitro benzene ring substituents is 1. The second kappa shape index (κ2) is 5.25. The molecular formula is C12H11N3O4S. The number of hydrogen-bond acceptors (Lipinski definition) is 4. The average molecular weight is 293 g/mol. The molecule has 3 N–H and O–H groups in total. The zero-order valence-electron chi connectivity index (χ0n) is 10.4. The molecule has 0 radical (unpaired) electrons. The van der Waals surface area contributed by atoms with Crippen molar-refractivity contribution in [1.29, 1.82) is 0 Å². The predicted molar refractivity (Wildman–Crippen MR) is 75.0 cm³/mol. The van der Waals surface area contributed by atoms with Crippen LogP contribution in [0.3, 0.4) is 0 Å². The van der Waals surface area contributed by atoms with Gasteiger partial charge in [0.15, 0.2) is 5.11 Å². The van der Waals surface area contributed by atoms with Crippen molar-refractivity contribution < 1.29 is 14.8 Å². The van der Waals surface area contributed by atoms with Gasteiger partial charge in [0.1, 0.15) is 0 Å². The number of hydrogen-bond donors (Lipinski definition) is 3. The smallest absolute Gasteiger partial charge is 0.335 e. The van der Waals surface area contributed by atoms with Gasteiger partial charge in [-0.25, -0.2) is 4.79 Å². The lowest BCUT2D eigenvalue weighted by molar-refractivity contribution is -0.384. The highest BCUT2D eigenvalue weighted by Gasteiger charge is 2.30. The molecule has 1 aromatic rings. The van der Waals surface area contributed by atoms with Crippen LogP contribution in [0.25, 0.3) is 0 Å². The van der Waals surface area contributed by atoms with Gasteiger partial charge in [0, 0.05) is 17.8 Å². The summed E-state index contributed by atoms with van der Waals surface area (Å²) >= 11 is 5.00. The molecule has 1 atom stereocenters. The monoisotopic (exact) mass is 293 g/mol. The van der Waals surface area contributed by atoms with Crippen LogP contribution in [0.4, 0.5) is 5.69 Å². The average Bonchev–Trinajstić information content (AvgIpc) is 2.37. The summed E-state index contributed by atoms with van der Waals surface area (Å²) in [7, 11) is 0. The van der Waals surface area contributed by atoms with E-state index >= 15 is 0 Å². The molecular weight excluding hydrogens is 282 g/mol. The van der Waals surface area contributed by atoms with E-state index < -0.39 is 16.9 Å². The third kappa shape index (κ3) is 2.59. The molecule has 0 saturated carbocycles. The molecule has 1 aromatic carbocycles. The molecule has 1 heterocycles. The largest absolute Gasteiger partial charge is 0.478 e. The van der Waals surface area contributed by atoms with E-state index in [4.69, 9.17) is 12.2 Å². The molecule has 7 nitrogen and oxygen atoms in total. The SMILES string of the molecule is CC1=C(C(=O)O)C(c2cccc([N+](=O)[O-])c2)NC(=S)N1. The number of benzene rings is 1. The van der Waals surface area contributed by atoms with Gasteiger partial charge < -0.3 is 15.7 Å². The Bertz CT molecular complexity index is 641. The van der Waals surface area contributed by atoms with Crippen LogP contribution in [0, 0.1) is 10.1 Å². The Morgan fingerprint density at radius 2 is 2.20 bits per heavy atom. The van der Waals surface area contributed by atoms with Crippen LogP contribution in [0.2, 0.25) is 0 Å². The standard InChI is InChI=1S/C12H11N3O4S/c1-6-9(11(16)17)10(14-12(20)13-6)7-3-2-4-8(5-7)15(18)19/h2-5,10H,1H3,(H,16,17)(H2,13,14,20). The highest BCUT2D eigenvalue weighted by Crippen LogP contribution is 2.28. The molecule has 2 rings (SSSR count). The fourth-order valence-corrected chi connectivity index (χ4v) is 2.32. The van der Waals surface area contributed by atoms with Crippen molar-refractivity contribution in [2.75, 3.05) is 0 Å². The van der Waals surface area contributed by atoms with Crippen LogP contribution in [0.15, 0.2) is 35.5 Å². The Morgan fingerprint density at radius 1 is 1.50 bits per heavy atom. The molecule has 1 unspecified atom stereocenters. The minimum absolute atomic E-state index is 0.0825. The van der Waals surface area contributed by atoms with Gasteiger partial charge in [0.2, 0.25) is 0 Å². The van der Waals surface area contributed by atoms with Gasteiger partial charge in [-0.05, 0) is 24.7 Å². The number of aliphatic carboxylic acids is 1. The Balaban J connectivity index is 2.51. The maximum absolute atomic E-state index is 11.4. The molecule has 0 amide bonds. The normalized spacial score (nSPS) is 18.2. The number of carboxylic acids is 1. The Morgan fingerprint density at radius 3 is 2.80 bits per heavy atom. The van der Waals surface area contributed by atoms with E-state index in [1.807, 2.05) is 0 Å². The first-order valence-corrected chi connectivity index (χ1v) is 6.07. The summed E-state index contributed by atoms with van der Waals surface area (Å²) in [6.07, 6.45) is 0. The van der Waals surface area contributed by atoms with E-state index in [9.17, 15) is 20.0 Å². The Kier molecular flexibility index (Phi) is 3.66. The third-order valence-electron chi connectivity index (χ3n) is 2.91. The van der Waals surface area contributed by atoms with Crippen molar-refractivity contribution in [3.05, 3.63) is 51.2 Å². The third-order valence-corrected chi connectivity index (χ3v) is 3.13. The minimum Gasteiger partial charge on any atom is -0.478 e. The molecule has 0 spiro atoms. The van der Waals surface area contributed by atoms with E-state index in [0.29, 0.717) is 11.3 Å². The summed E-state index contributed by atoms with van der Waals surface area (Å²) in [5.41, 5.74) is 0.868. The van der Waals surface area contributed by atoms with Crippen LogP contribution in [0.1, 0.15) is 18.5 Å². The molecule has 1 aliphatic rings. The second-order valence-corrected chi connectivity index (χ2v) is 4.64. The summed E-state index contributed by atoms with van der Waals surface area (Å²) in [5.74, 6) is -1.11. The molecule has 104 valence electrons. The maximum Gasteiger partial charge on any atom is 0.335 e. The lowest BCUT2D eigenvalue weighted by Crippen LogP contribution is -2.44. The number of nitro groups is 1. The van der Waals surface area contributed by atoms with E-state index in [1.165, 1.54) is 18.2 Å². The Hall–Kier alpha value is -2.48. The van der Waals surface area contributed by atoms with E-state index in [0.717, 1.165) is 0 Å². The second-order valence-electron chi connectivity index (χ2n) is 4.23. The Labute approximate surface area is 119 Å². The summed E-state index contributed by atoms with van der Waals surface area (Å²) in [4.78, 5) is 21.6. The van der Waals surface area contributed by atoms with E-state index in [1.54, 1.807) is 13.0 Å². The van der Waals surface area contributed by atoms with Crippen molar-refractivity contribution in [3.8, 4) is 0 Å². The zero-order valence-corrected chi connectivity index (χ0v) is 11.2. The van der Waals surface area contributed by atoms with Crippen LogP contribution in [-0.4, -0.2) is 21.1 Å². The molecule has 20 heavy (non-hydrogen) atoms. The quantitative estimate of drug-likeness (QED) is 0.440. The summed E-state index contributed by atoms with van der Waals surface area (Å²) in [6.45, 7) is 1.60. The lowest BCUT2D eigenvalue weighted by atomic mass is 9.95. The molecule has 0 saturated heterocycles. The zero-order chi connectivity index (χ0) is 14.9. The van der Waals surface area contributed by atoms with Gasteiger partial charge in [-0.3, -0.25) is 10.1 Å². The molecule has 0 aliphatic carbocycles. The van der Waals surface area contributed by atoms with Gasteiger partial charge in [0.25, 0.3) is 5.69 Å². The van der Waals surface area contributed by atoms with Gasteiger partial charge in [-0.15, -0.1) is 0 Å². The first kappa shape index (κ1) is 13.9. The van der Waals surface area contributed by atoms with E-state index in [-0.39, 0.29) is 16.4 Å². The molecule has 0 fully saturated rings. The van der Waals surface area contributed by atoms with Crippen LogP contribution in [0.5, 0.6) is 0 Å². The molecule has 0 bridgehead atoms. The van der Waals surface area contributed by atoms with Crippen molar-refractivity contribution >= 4 is 29.0 Å². The molecule has 0 aromatic heterocycles. The summed E-state index contributed by atoms with van der Waals surface area (Å²) in [6, 6.07) is 5.09. The summed E-state index contributed by atoms with van der Waals surface area (Å²) in [5, 5.41) is 25.9. The number of non-ortho nitro benzene ring substituents is 1. The van der Waals surface area contributed by atoms with Crippen LogP contribution in [-0.2, 0) is 4.79 Å². The first-order valence-electron chi connectivity index (χ1n) is 5.66. The number of thiocarbonyl (C=S) groups is 1. The number of nitrogens with zero attached hydrogens (tertiary/aromatic N) is 1. The minimum atomic E-state index is -1.11. The van der Waals surface area contributed by atoms with Crippen molar-refractivity contribution in [1.82, 2.24) is 10.6 Å². The lowest BCUT2D eigenvalue weighted by Gasteiger charge is -2.28. The maximum atomic E-state index is 11.4. The van der Waals surface area contributed by atoms with Crippen LogP contribution >= 0.6 is 12.2 Å². The predicted octanol–water partition coefficient (Wildman–Crippen LogP) is 1.47. The van der Waals surface area contributed by atoms with Gasteiger partial charge in [0.05, 0.1) is 16.5 Å². The summed E-state index contributed by atoms with van der Waals surface area (Å²) < 4.78 is 0. The molecule has 1 aliphatic heterocycles. The van der Waals surface area contributed by atoms with Crippen molar-refractivity contribution in [2.24, 2.45) is 0 Å². The highest BCUT2D eigenvalue weighted by molar-refractivity contribution is 7.80. The number of carboxylic acid groups (broad SMARTS) is 1. The van der Waals surface area contributed by atoms with Gasteiger partial charge in [-0.1, -0.05) is 12.1 Å². The van der Waals surface area contributed by atoms with Gasteiger partial charge in [-0.2, -0.15) is 0 Å². The number of nitrogens with one attached hydrogen (secondary N) is 2. The number of carbonyl (C=O) groups is 1. The fourth-order valence-electron chi connectivity index (χ4n) is 2.05. The molecule has 8 heteroatoms. The highest BCUT2D eigenvalue weighted by atomic mass is 32.1. The van der Waals surface area contributed by atoms with Crippen LogP contribution < -0.4 is 10.6 Å². The number of rotatable bonds is 3. The van der Waals surface area contributed by atoms with Gasteiger partial charge >= 0.3 is 5.97 Å². The topological polar surface area (TPSA) is 104 Å². The van der Waals surface area contributed by atoms with Crippen molar-refractivity contribution in [3.63, 3.8) is 0 Å². The number of allylic oxidation sites excluding steroid dienone is 1. The van der Waals surface area contributed by atoms with E-state index in [2.05, 4.69) is 10.6 Å². The first-order chi connectivity index (χ1) is 9.40. The fraction of sp³-hybridized carbons (Fsp3) is 0.167.